The van der Waals surface area contributed by atoms with E-state index in [0.29, 0.717) is 49.5 Å². The summed E-state index contributed by atoms with van der Waals surface area (Å²) in [7, 11) is 0. The minimum Gasteiger partial charge on any atom is -0.469 e. The predicted octanol–water partition coefficient (Wildman–Crippen LogP) is -0.621. The van der Waals surface area contributed by atoms with Gasteiger partial charge in [-0.1, -0.05) is 18.2 Å². The summed E-state index contributed by atoms with van der Waals surface area (Å²) in [6.45, 7) is 1.64. The number of amides is 6. The van der Waals surface area contributed by atoms with Crippen LogP contribution in [-0.4, -0.2) is 98.4 Å². The van der Waals surface area contributed by atoms with Crippen molar-refractivity contribution in [1.82, 2.24) is 26.2 Å². The van der Waals surface area contributed by atoms with E-state index in [1.165, 1.54) is 11.2 Å². The summed E-state index contributed by atoms with van der Waals surface area (Å²) in [5.41, 5.74) is 6.25. The molecule has 0 saturated carbocycles. The topological polar surface area (TPSA) is 214 Å². The smallest absolute Gasteiger partial charge is 0.247 e. The Morgan fingerprint density at radius 1 is 1.00 bits per heavy atom. The van der Waals surface area contributed by atoms with Crippen LogP contribution in [0.15, 0.2) is 59.2 Å². The van der Waals surface area contributed by atoms with E-state index in [9.17, 15) is 28.8 Å². The van der Waals surface area contributed by atoms with E-state index < -0.39 is 53.4 Å². The number of carbonyl (C=O) groups excluding carboxylic acids is 6. The highest BCUT2D eigenvalue weighted by Gasteiger charge is 2.31. The lowest BCUT2D eigenvalue weighted by Gasteiger charge is -2.32. The van der Waals surface area contributed by atoms with E-state index in [0.717, 1.165) is 12.2 Å². The normalized spacial score (nSPS) is 22.2. The van der Waals surface area contributed by atoms with Crippen LogP contribution >= 0.6 is 0 Å². The van der Waals surface area contributed by atoms with Crippen molar-refractivity contribution in [2.45, 2.75) is 44.2 Å². The summed E-state index contributed by atoms with van der Waals surface area (Å²) in [5.74, 6) is -2.97. The lowest BCUT2D eigenvalue weighted by molar-refractivity contribution is -0.134. The SMILES string of the molecule is NCCOCCNC(=O)[C@@H]1CCNC(=O)/C=C/C(=O)N2CCC[C@H](C2)C(=O)N[C@@H](Cc2ccco2)C(=O)Nc2ccccc2CC(=O)N1. The van der Waals surface area contributed by atoms with Gasteiger partial charge >= 0.3 is 0 Å². The number of hydrogen-bond acceptors (Lipinski definition) is 9. The number of rotatable bonds is 8. The highest BCUT2D eigenvalue weighted by Crippen LogP contribution is 2.20. The Kier molecular flexibility index (Phi) is 13.7. The first-order chi connectivity index (χ1) is 23.2. The number of furan rings is 1. The third-order valence-electron chi connectivity index (χ3n) is 7.92. The van der Waals surface area contributed by atoms with Gasteiger partial charge < -0.3 is 46.4 Å². The van der Waals surface area contributed by atoms with E-state index in [1.807, 2.05) is 0 Å². The highest BCUT2D eigenvalue weighted by molar-refractivity contribution is 5.99. The Morgan fingerprint density at radius 3 is 2.62 bits per heavy atom. The van der Waals surface area contributed by atoms with Gasteiger partial charge in [0.05, 0.1) is 31.8 Å². The van der Waals surface area contributed by atoms with E-state index in [2.05, 4.69) is 26.6 Å². The average Bonchev–Trinajstić information content (AvgIpc) is 3.60. The molecule has 6 amide bonds. The first kappa shape index (κ1) is 35.8. The van der Waals surface area contributed by atoms with Gasteiger partial charge in [0.15, 0.2) is 0 Å². The maximum atomic E-state index is 13.7. The standard InChI is InChI=1S/C33H43N7O8/c34-12-17-47-18-14-36-32(45)26-11-13-35-28(41)9-10-30(43)40-15-3-6-23(21-40)31(44)39-27(20-24-7-4-16-48-24)33(46)38-25-8-2-1-5-22(25)19-29(42)37-26/h1-2,4-5,7-10,16,23,26-27H,3,6,11-15,17-21,34H2,(H,35,41)(H,36,45)(H,37,42)(H,38,46)(H,39,44)/b10-9+/t23-,26+,27+/m1/s1. The minimum atomic E-state index is -1.03. The molecule has 1 saturated heterocycles. The predicted molar refractivity (Wildman–Crippen MR) is 174 cm³/mol. The molecule has 2 bridgehead atoms. The van der Waals surface area contributed by atoms with Gasteiger partial charge in [0, 0.05) is 57.0 Å². The maximum absolute atomic E-state index is 13.7. The molecule has 3 atom stereocenters. The van der Waals surface area contributed by atoms with Crippen LogP contribution in [0.3, 0.4) is 0 Å². The number of anilines is 1. The highest BCUT2D eigenvalue weighted by atomic mass is 16.5. The number of benzene rings is 1. The molecule has 1 aromatic heterocycles. The second-order valence-electron chi connectivity index (χ2n) is 11.5. The van der Waals surface area contributed by atoms with Crippen molar-refractivity contribution in [3.63, 3.8) is 0 Å². The minimum absolute atomic E-state index is 0.0229. The number of nitrogens with one attached hydrogen (secondary N) is 5. The zero-order valence-corrected chi connectivity index (χ0v) is 26.7. The number of nitrogens with two attached hydrogens (primary N) is 1. The largest absolute Gasteiger partial charge is 0.469 e. The van der Waals surface area contributed by atoms with Crippen LogP contribution in [-0.2, 0) is 46.3 Å². The molecular weight excluding hydrogens is 622 g/mol. The number of fused-ring (bicyclic) bond motifs is 3. The molecule has 2 aliphatic rings. The number of nitrogens with zero attached hydrogens (tertiary/aromatic N) is 1. The van der Waals surface area contributed by atoms with Gasteiger partial charge in [-0.15, -0.1) is 0 Å². The first-order valence-corrected chi connectivity index (χ1v) is 16.0. The van der Waals surface area contributed by atoms with Crippen molar-refractivity contribution >= 4 is 41.1 Å². The average molecular weight is 666 g/mol. The van der Waals surface area contributed by atoms with Crippen molar-refractivity contribution in [3.8, 4) is 0 Å². The van der Waals surface area contributed by atoms with Crippen LogP contribution in [0.2, 0.25) is 0 Å². The molecule has 4 rings (SSSR count). The molecule has 2 aliphatic heterocycles. The summed E-state index contributed by atoms with van der Waals surface area (Å²) in [6.07, 6.45) is 4.73. The summed E-state index contributed by atoms with van der Waals surface area (Å²) >= 11 is 0. The molecule has 0 radical (unpaired) electrons. The molecule has 1 aromatic carbocycles. The number of carbonyl (C=O) groups is 6. The molecule has 15 heteroatoms. The molecular formula is C33H43N7O8. The van der Waals surface area contributed by atoms with Gasteiger partial charge in [0.1, 0.15) is 17.8 Å². The van der Waals surface area contributed by atoms with Gasteiger partial charge in [-0.25, -0.2) is 0 Å². The number of ether oxygens (including phenoxy) is 1. The molecule has 0 aliphatic carbocycles. The molecule has 15 nitrogen and oxygen atoms in total. The Labute approximate surface area is 278 Å². The van der Waals surface area contributed by atoms with Crippen molar-refractivity contribution in [2.75, 3.05) is 51.3 Å². The Bertz CT molecular complexity index is 1460. The fraction of sp³-hybridized carbons (Fsp3) is 0.455. The molecule has 48 heavy (non-hydrogen) atoms. The first-order valence-electron chi connectivity index (χ1n) is 16.0. The molecule has 7 N–H and O–H groups in total. The van der Waals surface area contributed by atoms with Gasteiger partial charge in [0.25, 0.3) is 0 Å². The lowest BCUT2D eigenvalue weighted by Crippen LogP contribution is -2.51. The summed E-state index contributed by atoms with van der Waals surface area (Å²) in [4.78, 5) is 80.3. The van der Waals surface area contributed by atoms with Gasteiger partial charge in [-0.05, 0) is 43.0 Å². The number of hydrogen-bond donors (Lipinski definition) is 6. The third-order valence-corrected chi connectivity index (χ3v) is 7.92. The number of para-hydroxylation sites is 1. The molecule has 2 aromatic rings. The molecule has 258 valence electrons. The fourth-order valence-electron chi connectivity index (χ4n) is 5.43. The Morgan fingerprint density at radius 2 is 1.83 bits per heavy atom. The van der Waals surface area contributed by atoms with Gasteiger partial charge in [-0.2, -0.15) is 0 Å². The zero-order chi connectivity index (χ0) is 34.3. The van der Waals surface area contributed by atoms with E-state index >= 15 is 0 Å². The second-order valence-corrected chi connectivity index (χ2v) is 11.5. The van der Waals surface area contributed by atoms with Crippen LogP contribution in [0.1, 0.15) is 30.6 Å². The van der Waals surface area contributed by atoms with Gasteiger partial charge in [-0.3, -0.25) is 28.8 Å². The van der Waals surface area contributed by atoms with Crippen molar-refractivity contribution in [2.24, 2.45) is 11.7 Å². The van der Waals surface area contributed by atoms with E-state index in [4.69, 9.17) is 14.9 Å². The number of piperidine rings is 1. The van der Waals surface area contributed by atoms with Crippen LogP contribution in [0.5, 0.6) is 0 Å². The van der Waals surface area contributed by atoms with Crippen molar-refractivity contribution in [3.05, 3.63) is 66.1 Å². The van der Waals surface area contributed by atoms with E-state index in [-0.39, 0.29) is 45.5 Å². The summed E-state index contributed by atoms with van der Waals surface area (Å²) < 4.78 is 10.8. The monoisotopic (exact) mass is 665 g/mol. The fourth-order valence-corrected chi connectivity index (χ4v) is 5.43. The van der Waals surface area contributed by atoms with E-state index in [1.54, 1.807) is 36.4 Å². The van der Waals surface area contributed by atoms with Crippen molar-refractivity contribution < 1.29 is 37.9 Å². The summed E-state index contributed by atoms with van der Waals surface area (Å²) in [5, 5.41) is 13.7. The van der Waals surface area contributed by atoms with Crippen LogP contribution in [0, 0.1) is 5.92 Å². The van der Waals surface area contributed by atoms with Crippen LogP contribution < -0.4 is 32.3 Å². The zero-order valence-electron chi connectivity index (χ0n) is 26.7. The quantitative estimate of drug-likeness (QED) is 0.198. The maximum Gasteiger partial charge on any atom is 0.247 e. The molecule has 0 spiro atoms. The van der Waals surface area contributed by atoms with Crippen LogP contribution in [0.25, 0.3) is 0 Å². The Hall–Kier alpha value is -5.02. The Balaban J connectivity index is 1.57. The van der Waals surface area contributed by atoms with Crippen LogP contribution in [0.4, 0.5) is 5.69 Å². The third kappa shape index (κ3) is 11.1. The molecule has 0 unspecified atom stereocenters. The summed E-state index contributed by atoms with van der Waals surface area (Å²) in [6, 6.07) is 8.07. The molecule has 3 heterocycles. The molecule has 1 fully saturated rings. The lowest BCUT2D eigenvalue weighted by atomic mass is 9.96. The van der Waals surface area contributed by atoms with Crippen molar-refractivity contribution in [1.29, 1.82) is 0 Å². The van der Waals surface area contributed by atoms with Gasteiger partial charge in [0.2, 0.25) is 35.4 Å². The second kappa shape index (κ2) is 18.4.